The number of hydrogen-bond acceptors (Lipinski definition) is 2. The van der Waals surface area contributed by atoms with Gasteiger partial charge in [-0.15, -0.1) is 0 Å². The van der Waals surface area contributed by atoms with Gasteiger partial charge in [0.05, 0.1) is 11.5 Å². The lowest BCUT2D eigenvalue weighted by molar-refractivity contribution is 0.447. The van der Waals surface area contributed by atoms with E-state index in [1.165, 1.54) is 24.3 Å². The second-order valence-electron chi connectivity index (χ2n) is 4.69. The number of nitriles is 1. The first kappa shape index (κ1) is 13.8. The zero-order valence-electron chi connectivity index (χ0n) is 9.97. The van der Waals surface area contributed by atoms with Crippen LogP contribution in [0.1, 0.15) is 47.0 Å². The van der Waals surface area contributed by atoms with Crippen LogP contribution >= 0.6 is 11.8 Å². The van der Waals surface area contributed by atoms with E-state index in [4.69, 9.17) is 5.26 Å². The monoisotopic (exact) mass is 213 g/mol. The predicted octanol–water partition coefficient (Wildman–Crippen LogP) is 4.10. The Balaban J connectivity index is 3.35. The fourth-order valence-corrected chi connectivity index (χ4v) is 2.23. The third kappa shape index (κ3) is 7.26. The van der Waals surface area contributed by atoms with Crippen LogP contribution in [0.4, 0.5) is 0 Å². The third-order valence-corrected chi connectivity index (χ3v) is 3.87. The van der Waals surface area contributed by atoms with Gasteiger partial charge in [0.1, 0.15) is 0 Å². The molecule has 0 amide bonds. The zero-order valence-corrected chi connectivity index (χ0v) is 10.8. The van der Waals surface area contributed by atoms with E-state index < -0.39 is 0 Å². The Morgan fingerprint density at radius 2 is 2.07 bits per heavy atom. The van der Waals surface area contributed by atoms with Gasteiger partial charge in [0, 0.05) is 0 Å². The molecule has 1 unspecified atom stereocenters. The summed E-state index contributed by atoms with van der Waals surface area (Å²) in [5, 5.41) is 8.82. The summed E-state index contributed by atoms with van der Waals surface area (Å²) in [5.74, 6) is 3.31. The highest BCUT2D eigenvalue weighted by Gasteiger charge is 2.15. The molecule has 0 saturated heterocycles. The summed E-state index contributed by atoms with van der Waals surface area (Å²) >= 11 is 2.03. The highest BCUT2D eigenvalue weighted by Crippen LogP contribution is 2.22. The van der Waals surface area contributed by atoms with E-state index in [9.17, 15) is 0 Å². The normalized spacial score (nSPS) is 13.6. The molecule has 0 radical (unpaired) electrons. The molecular weight excluding hydrogens is 190 g/mol. The molecule has 0 aromatic rings. The van der Waals surface area contributed by atoms with Crippen LogP contribution in [0.3, 0.4) is 0 Å². The van der Waals surface area contributed by atoms with Gasteiger partial charge in [0.25, 0.3) is 0 Å². The van der Waals surface area contributed by atoms with Crippen molar-refractivity contribution in [2.45, 2.75) is 47.0 Å². The zero-order chi connectivity index (χ0) is 11.0. The standard InChI is InChI=1S/C12H23NS/c1-5-11(2)9-14-8-6-7-12(3,4)10-13/h11H,5-9H2,1-4H3. The van der Waals surface area contributed by atoms with Gasteiger partial charge in [-0.05, 0) is 44.1 Å². The number of thioether (sulfide) groups is 1. The van der Waals surface area contributed by atoms with E-state index in [0.717, 1.165) is 12.3 Å². The first-order valence-corrected chi connectivity index (χ1v) is 6.66. The van der Waals surface area contributed by atoms with Gasteiger partial charge in [-0.2, -0.15) is 17.0 Å². The summed E-state index contributed by atoms with van der Waals surface area (Å²) in [4.78, 5) is 0. The molecule has 14 heavy (non-hydrogen) atoms. The van der Waals surface area contributed by atoms with Gasteiger partial charge < -0.3 is 0 Å². The molecule has 0 aliphatic heterocycles. The maximum atomic E-state index is 8.82. The fraction of sp³-hybridized carbons (Fsp3) is 0.917. The molecule has 0 saturated carbocycles. The van der Waals surface area contributed by atoms with Crippen molar-refractivity contribution in [3.63, 3.8) is 0 Å². The summed E-state index contributed by atoms with van der Waals surface area (Å²) in [6.07, 6.45) is 3.47. The van der Waals surface area contributed by atoms with Crippen LogP contribution in [0.25, 0.3) is 0 Å². The second kappa shape index (κ2) is 7.17. The molecule has 0 rings (SSSR count). The quantitative estimate of drug-likeness (QED) is 0.595. The van der Waals surface area contributed by atoms with E-state index in [-0.39, 0.29) is 5.41 Å². The Morgan fingerprint density at radius 1 is 1.43 bits per heavy atom. The number of nitrogens with zero attached hydrogens (tertiary/aromatic N) is 1. The minimum Gasteiger partial charge on any atom is -0.198 e. The maximum Gasteiger partial charge on any atom is 0.0683 e. The van der Waals surface area contributed by atoms with Crippen LogP contribution in [-0.4, -0.2) is 11.5 Å². The van der Waals surface area contributed by atoms with E-state index in [2.05, 4.69) is 19.9 Å². The Bertz CT molecular complexity index is 181. The van der Waals surface area contributed by atoms with E-state index in [0.29, 0.717) is 0 Å². The smallest absolute Gasteiger partial charge is 0.0683 e. The SMILES string of the molecule is CCC(C)CSCCCC(C)(C)C#N. The minimum atomic E-state index is -0.128. The Kier molecular flexibility index (Phi) is 7.09. The molecule has 0 fully saturated rings. The molecule has 0 aromatic carbocycles. The molecule has 1 atom stereocenters. The molecule has 2 heteroatoms. The summed E-state index contributed by atoms with van der Waals surface area (Å²) in [7, 11) is 0. The van der Waals surface area contributed by atoms with Gasteiger partial charge in [0.15, 0.2) is 0 Å². The Labute approximate surface area is 93.3 Å². The van der Waals surface area contributed by atoms with Crippen molar-refractivity contribution in [3.05, 3.63) is 0 Å². The van der Waals surface area contributed by atoms with Gasteiger partial charge in [-0.1, -0.05) is 20.3 Å². The van der Waals surface area contributed by atoms with Gasteiger partial charge >= 0.3 is 0 Å². The van der Waals surface area contributed by atoms with E-state index in [1.807, 2.05) is 25.6 Å². The van der Waals surface area contributed by atoms with Crippen molar-refractivity contribution < 1.29 is 0 Å². The lowest BCUT2D eigenvalue weighted by atomic mass is 9.90. The summed E-state index contributed by atoms with van der Waals surface area (Å²) in [6.45, 7) is 8.58. The molecule has 0 heterocycles. The minimum absolute atomic E-state index is 0.128. The van der Waals surface area contributed by atoms with Crippen molar-refractivity contribution in [1.29, 1.82) is 5.26 Å². The molecule has 0 N–H and O–H groups in total. The molecule has 82 valence electrons. The van der Waals surface area contributed by atoms with Crippen molar-refractivity contribution in [3.8, 4) is 6.07 Å². The third-order valence-electron chi connectivity index (χ3n) is 2.49. The second-order valence-corrected chi connectivity index (χ2v) is 5.84. The molecule has 0 aliphatic carbocycles. The van der Waals surface area contributed by atoms with Gasteiger partial charge in [-0.25, -0.2) is 0 Å². The molecule has 0 spiro atoms. The predicted molar refractivity (Wildman–Crippen MR) is 65.4 cm³/mol. The summed E-state index contributed by atoms with van der Waals surface area (Å²) < 4.78 is 0. The average Bonchev–Trinajstić information content (AvgIpc) is 2.17. The molecule has 1 nitrogen and oxygen atoms in total. The van der Waals surface area contributed by atoms with Gasteiger partial charge in [-0.3, -0.25) is 0 Å². The lowest BCUT2D eigenvalue weighted by Crippen LogP contribution is -2.08. The molecule has 0 aromatic heterocycles. The van der Waals surface area contributed by atoms with Crippen molar-refractivity contribution in [2.75, 3.05) is 11.5 Å². The van der Waals surface area contributed by atoms with Crippen LogP contribution in [-0.2, 0) is 0 Å². The average molecular weight is 213 g/mol. The van der Waals surface area contributed by atoms with Crippen LogP contribution in [0.2, 0.25) is 0 Å². The van der Waals surface area contributed by atoms with Crippen LogP contribution in [0.15, 0.2) is 0 Å². The largest absolute Gasteiger partial charge is 0.198 e. The van der Waals surface area contributed by atoms with Crippen LogP contribution in [0, 0.1) is 22.7 Å². The molecular formula is C12H23NS. The van der Waals surface area contributed by atoms with Crippen molar-refractivity contribution in [1.82, 2.24) is 0 Å². The van der Waals surface area contributed by atoms with E-state index >= 15 is 0 Å². The summed E-state index contributed by atoms with van der Waals surface area (Å²) in [6, 6.07) is 2.34. The Hall–Kier alpha value is -0.160. The highest BCUT2D eigenvalue weighted by molar-refractivity contribution is 7.99. The Morgan fingerprint density at radius 3 is 2.57 bits per heavy atom. The maximum absolute atomic E-state index is 8.82. The molecule has 0 bridgehead atoms. The first-order valence-electron chi connectivity index (χ1n) is 5.51. The van der Waals surface area contributed by atoms with E-state index in [1.54, 1.807) is 0 Å². The van der Waals surface area contributed by atoms with Crippen LogP contribution in [0.5, 0.6) is 0 Å². The van der Waals surface area contributed by atoms with Crippen molar-refractivity contribution >= 4 is 11.8 Å². The lowest BCUT2D eigenvalue weighted by Gasteiger charge is -2.14. The number of hydrogen-bond donors (Lipinski definition) is 0. The summed E-state index contributed by atoms with van der Waals surface area (Å²) in [5.41, 5.74) is -0.128. The first-order chi connectivity index (χ1) is 6.52. The van der Waals surface area contributed by atoms with Crippen LogP contribution < -0.4 is 0 Å². The fourth-order valence-electron chi connectivity index (χ4n) is 1.07. The highest BCUT2D eigenvalue weighted by atomic mass is 32.2. The van der Waals surface area contributed by atoms with Crippen molar-refractivity contribution in [2.24, 2.45) is 11.3 Å². The topological polar surface area (TPSA) is 23.8 Å². The molecule has 0 aliphatic rings. The number of rotatable bonds is 7. The van der Waals surface area contributed by atoms with Gasteiger partial charge in [0.2, 0.25) is 0 Å².